The highest BCUT2D eigenvalue weighted by atomic mass is 16.5. The van der Waals surface area contributed by atoms with Gasteiger partial charge in [-0.15, -0.1) is 0 Å². The molecule has 3 heteroatoms. The largest absolute Gasteiger partial charge is 0.357 e. The van der Waals surface area contributed by atoms with E-state index in [-0.39, 0.29) is 0 Å². The fraction of sp³-hybridized carbons (Fsp3) is 0.545. The van der Waals surface area contributed by atoms with E-state index in [1.807, 2.05) is 12.1 Å². The molecule has 1 aromatic rings. The van der Waals surface area contributed by atoms with Gasteiger partial charge in [0.25, 0.3) is 0 Å². The van der Waals surface area contributed by atoms with Crippen LogP contribution in [0.5, 0.6) is 0 Å². The van der Waals surface area contributed by atoms with Crippen molar-refractivity contribution in [1.82, 2.24) is 10.5 Å². The molecule has 0 aliphatic carbocycles. The number of aromatic nitrogens is 1. The summed E-state index contributed by atoms with van der Waals surface area (Å²) in [7, 11) is 0. The van der Waals surface area contributed by atoms with E-state index in [1.54, 1.807) is 6.20 Å². The van der Waals surface area contributed by atoms with Gasteiger partial charge in [-0.2, -0.15) is 0 Å². The molecule has 14 heavy (non-hydrogen) atoms. The summed E-state index contributed by atoms with van der Waals surface area (Å²) in [6.45, 7) is 1.17. The first-order valence-corrected chi connectivity index (χ1v) is 5.26. The molecule has 1 atom stereocenters. The summed E-state index contributed by atoms with van der Waals surface area (Å²) in [5.74, 6) is 0.834. The molecular weight excluding hydrogens is 176 g/mol. The van der Waals surface area contributed by atoms with Gasteiger partial charge in [-0.1, -0.05) is 17.7 Å². The Bertz CT molecular complexity index is 273. The van der Waals surface area contributed by atoms with E-state index >= 15 is 0 Å². The molecule has 1 fully saturated rings. The van der Waals surface area contributed by atoms with E-state index in [2.05, 4.69) is 16.5 Å². The Morgan fingerprint density at radius 2 is 2.57 bits per heavy atom. The zero-order valence-corrected chi connectivity index (χ0v) is 8.28. The van der Waals surface area contributed by atoms with Crippen LogP contribution in [0.1, 0.15) is 31.4 Å². The normalized spacial score (nSPS) is 23.0. The van der Waals surface area contributed by atoms with Gasteiger partial charge in [0.1, 0.15) is 0 Å². The summed E-state index contributed by atoms with van der Waals surface area (Å²) < 4.78 is 4.97. The molecular formula is C11H16N2O. The first-order valence-electron chi connectivity index (χ1n) is 5.26. The van der Waals surface area contributed by atoms with Gasteiger partial charge in [0, 0.05) is 12.1 Å². The van der Waals surface area contributed by atoms with E-state index in [9.17, 15) is 0 Å². The van der Waals surface area contributed by atoms with Crippen LogP contribution in [0.25, 0.3) is 6.08 Å². The van der Waals surface area contributed by atoms with Crippen molar-refractivity contribution in [2.24, 2.45) is 0 Å². The molecule has 1 unspecified atom stereocenters. The van der Waals surface area contributed by atoms with Crippen LogP contribution in [0, 0.1) is 0 Å². The first kappa shape index (κ1) is 9.46. The molecule has 1 aliphatic heterocycles. The number of hydrogen-bond acceptors (Lipinski definition) is 3. The smallest absolute Gasteiger partial charge is 0.159 e. The van der Waals surface area contributed by atoms with Gasteiger partial charge >= 0.3 is 0 Å². The van der Waals surface area contributed by atoms with Crippen molar-refractivity contribution in [3.8, 4) is 0 Å². The van der Waals surface area contributed by atoms with Gasteiger partial charge in [0.2, 0.25) is 0 Å². The SMILES string of the molecule is C(=C\c1ccno1)/CC1CCCCN1. The maximum absolute atomic E-state index is 4.97. The fourth-order valence-corrected chi connectivity index (χ4v) is 1.79. The maximum Gasteiger partial charge on any atom is 0.159 e. The van der Waals surface area contributed by atoms with E-state index in [0.29, 0.717) is 6.04 Å². The van der Waals surface area contributed by atoms with Crippen LogP contribution in [0.3, 0.4) is 0 Å². The van der Waals surface area contributed by atoms with Crippen LogP contribution in [0.4, 0.5) is 0 Å². The van der Waals surface area contributed by atoms with Crippen LogP contribution < -0.4 is 5.32 Å². The van der Waals surface area contributed by atoms with Crippen molar-refractivity contribution in [1.29, 1.82) is 0 Å². The monoisotopic (exact) mass is 192 g/mol. The van der Waals surface area contributed by atoms with Crippen LogP contribution in [0.15, 0.2) is 22.9 Å². The van der Waals surface area contributed by atoms with Crippen molar-refractivity contribution in [3.05, 3.63) is 24.1 Å². The Kier molecular flexibility index (Phi) is 3.35. The van der Waals surface area contributed by atoms with Crippen molar-refractivity contribution in [3.63, 3.8) is 0 Å². The molecule has 0 bridgehead atoms. The molecule has 3 nitrogen and oxygen atoms in total. The molecule has 2 rings (SSSR count). The molecule has 0 radical (unpaired) electrons. The Morgan fingerprint density at radius 1 is 1.57 bits per heavy atom. The lowest BCUT2D eigenvalue weighted by molar-refractivity contribution is 0.402. The van der Waals surface area contributed by atoms with Gasteiger partial charge in [0.15, 0.2) is 5.76 Å². The van der Waals surface area contributed by atoms with Gasteiger partial charge in [-0.25, -0.2) is 0 Å². The fourth-order valence-electron chi connectivity index (χ4n) is 1.79. The van der Waals surface area contributed by atoms with Gasteiger partial charge < -0.3 is 9.84 Å². The van der Waals surface area contributed by atoms with Crippen LogP contribution in [-0.4, -0.2) is 17.7 Å². The zero-order valence-electron chi connectivity index (χ0n) is 8.28. The lowest BCUT2D eigenvalue weighted by Gasteiger charge is -2.21. The third-order valence-corrected chi connectivity index (χ3v) is 2.57. The van der Waals surface area contributed by atoms with Crippen LogP contribution in [0.2, 0.25) is 0 Å². The predicted molar refractivity (Wildman–Crippen MR) is 55.8 cm³/mol. The second-order valence-corrected chi connectivity index (χ2v) is 3.70. The molecule has 0 spiro atoms. The Balaban J connectivity index is 1.76. The third kappa shape index (κ3) is 2.70. The summed E-state index contributed by atoms with van der Waals surface area (Å²) in [4.78, 5) is 0. The van der Waals surface area contributed by atoms with E-state index in [4.69, 9.17) is 4.52 Å². The highest BCUT2D eigenvalue weighted by molar-refractivity contribution is 5.41. The van der Waals surface area contributed by atoms with Crippen molar-refractivity contribution < 1.29 is 4.52 Å². The summed E-state index contributed by atoms with van der Waals surface area (Å²) in [5, 5.41) is 7.15. The average molecular weight is 192 g/mol. The summed E-state index contributed by atoms with van der Waals surface area (Å²) in [6.07, 6.45) is 10.9. The Hall–Kier alpha value is -1.09. The molecule has 76 valence electrons. The lowest BCUT2D eigenvalue weighted by atomic mass is 10.0. The lowest BCUT2D eigenvalue weighted by Crippen LogP contribution is -2.33. The van der Waals surface area contributed by atoms with E-state index < -0.39 is 0 Å². The number of piperidine rings is 1. The predicted octanol–water partition coefficient (Wildman–Crippen LogP) is 2.22. The second kappa shape index (κ2) is 4.96. The van der Waals surface area contributed by atoms with Gasteiger partial charge in [0.05, 0.1) is 6.20 Å². The van der Waals surface area contributed by atoms with E-state index in [0.717, 1.165) is 12.2 Å². The highest BCUT2D eigenvalue weighted by Crippen LogP contribution is 2.11. The summed E-state index contributed by atoms with van der Waals surface area (Å²) >= 11 is 0. The molecule has 0 aromatic carbocycles. The van der Waals surface area contributed by atoms with Gasteiger partial charge in [-0.05, 0) is 31.9 Å². The maximum atomic E-state index is 4.97. The second-order valence-electron chi connectivity index (χ2n) is 3.70. The molecule has 1 saturated heterocycles. The van der Waals surface area contributed by atoms with Crippen LogP contribution >= 0.6 is 0 Å². The summed E-state index contributed by atoms with van der Waals surface area (Å²) in [6, 6.07) is 2.52. The molecule has 1 aromatic heterocycles. The standard InChI is InChI=1S/C11H16N2O/c1-2-8-12-10(4-1)5-3-6-11-7-9-13-14-11/h3,6-7,9-10,12H,1-2,4-5,8H2/b6-3+. The highest BCUT2D eigenvalue weighted by Gasteiger charge is 2.09. The number of nitrogens with one attached hydrogen (secondary N) is 1. The minimum absolute atomic E-state index is 0.655. The minimum atomic E-state index is 0.655. The third-order valence-electron chi connectivity index (χ3n) is 2.57. The Labute approximate surface area is 84.2 Å². The number of hydrogen-bond donors (Lipinski definition) is 1. The topological polar surface area (TPSA) is 38.1 Å². The van der Waals surface area contributed by atoms with Crippen molar-refractivity contribution >= 4 is 6.08 Å². The number of rotatable bonds is 3. The molecule has 0 amide bonds. The Morgan fingerprint density at radius 3 is 3.29 bits per heavy atom. The molecule has 2 heterocycles. The quantitative estimate of drug-likeness (QED) is 0.798. The average Bonchev–Trinajstić information content (AvgIpc) is 2.72. The zero-order chi connectivity index (χ0) is 9.64. The van der Waals surface area contributed by atoms with Crippen LogP contribution in [-0.2, 0) is 0 Å². The van der Waals surface area contributed by atoms with Crippen molar-refractivity contribution in [2.75, 3.05) is 6.54 Å². The number of nitrogens with zero attached hydrogens (tertiary/aromatic N) is 1. The molecule has 0 saturated carbocycles. The molecule has 1 N–H and O–H groups in total. The van der Waals surface area contributed by atoms with E-state index in [1.165, 1.54) is 25.8 Å². The first-order chi connectivity index (χ1) is 6.95. The van der Waals surface area contributed by atoms with Gasteiger partial charge in [-0.3, -0.25) is 0 Å². The summed E-state index contributed by atoms with van der Waals surface area (Å²) in [5.41, 5.74) is 0. The molecule has 1 aliphatic rings. The minimum Gasteiger partial charge on any atom is -0.357 e. The van der Waals surface area contributed by atoms with Crippen molar-refractivity contribution in [2.45, 2.75) is 31.7 Å².